The largest absolute Gasteiger partial charge is 0.376 e. The van der Waals surface area contributed by atoms with E-state index in [4.69, 9.17) is 10.00 Å². The third-order valence-electron chi connectivity index (χ3n) is 2.25. The van der Waals surface area contributed by atoms with E-state index in [-0.39, 0.29) is 5.56 Å². The second-order valence-electron chi connectivity index (χ2n) is 4.11. The summed E-state index contributed by atoms with van der Waals surface area (Å²) >= 11 is 0. The summed E-state index contributed by atoms with van der Waals surface area (Å²) in [4.78, 5) is 0. The second kappa shape index (κ2) is 7.59. The van der Waals surface area contributed by atoms with Crippen LogP contribution in [0.2, 0.25) is 0 Å². The van der Waals surface area contributed by atoms with Gasteiger partial charge < -0.3 is 10.1 Å². The van der Waals surface area contributed by atoms with E-state index >= 15 is 0 Å². The van der Waals surface area contributed by atoms with Crippen LogP contribution in [0.15, 0.2) is 30.4 Å². The van der Waals surface area contributed by atoms with Crippen LogP contribution in [0.5, 0.6) is 0 Å². The average Bonchev–Trinajstić information content (AvgIpc) is 2.35. The van der Waals surface area contributed by atoms with E-state index in [0.29, 0.717) is 26.3 Å². The molecule has 0 saturated heterocycles. The molecule has 0 aliphatic rings. The van der Waals surface area contributed by atoms with Crippen LogP contribution in [0.1, 0.15) is 18.1 Å². The Kier molecular flexibility index (Phi) is 6.06. The van der Waals surface area contributed by atoms with Crippen LogP contribution in [0.25, 0.3) is 0 Å². The van der Waals surface area contributed by atoms with Crippen LogP contribution in [0.4, 0.5) is 4.39 Å². The molecule has 0 spiro atoms. The van der Waals surface area contributed by atoms with Gasteiger partial charge in [-0.25, -0.2) is 4.39 Å². The summed E-state index contributed by atoms with van der Waals surface area (Å²) in [6, 6.07) is 6.35. The van der Waals surface area contributed by atoms with Crippen molar-refractivity contribution < 1.29 is 9.13 Å². The van der Waals surface area contributed by atoms with Crippen LogP contribution >= 0.6 is 0 Å². The molecule has 0 aromatic heterocycles. The van der Waals surface area contributed by atoms with Crippen molar-refractivity contribution in [3.8, 4) is 6.07 Å². The minimum absolute atomic E-state index is 0.0767. The lowest BCUT2D eigenvalue weighted by Crippen LogP contribution is -2.19. The molecule has 0 saturated carbocycles. The Morgan fingerprint density at radius 2 is 2.33 bits per heavy atom. The fraction of sp³-hybridized carbons (Fsp3) is 0.357. The van der Waals surface area contributed by atoms with E-state index in [1.165, 1.54) is 6.07 Å². The molecule has 0 aliphatic heterocycles. The number of benzene rings is 1. The highest BCUT2D eigenvalue weighted by molar-refractivity contribution is 5.34. The molecule has 3 nitrogen and oxygen atoms in total. The number of nitrogens with zero attached hydrogens (tertiary/aromatic N) is 1. The number of rotatable bonds is 7. The van der Waals surface area contributed by atoms with Gasteiger partial charge in [-0.2, -0.15) is 5.26 Å². The maximum atomic E-state index is 13.1. The SMILES string of the molecule is C=C(C)COCCNCc1ccc(F)c(C#N)c1. The standard InChI is InChI=1S/C14H17FN2O/c1-11(2)10-18-6-5-17-9-12-3-4-14(15)13(7-12)8-16/h3-4,7,17H,1,5-6,9-10H2,2H3. The van der Waals surface area contributed by atoms with E-state index in [0.717, 1.165) is 11.1 Å². The summed E-state index contributed by atoms with van der Waals surface area (Å²) < 4.78 is 18.4. The smallest absolute Gasteiger partial charge is 0.140 e. The molecule has 0 aliphatic carbocycles. The molecule has 18 heavy (non-hydrogen) atoms. The van der Waals surface area contributed by atoms with Crippen molar-refractivity contribution in [2.45, 2.75) is 13.5 Å². The van der Waals surface area contributed by atoms with Crippen molar-refractivity contribution in [1.82, 2.24) is 5.32 Å². The maximum absolute atomic E-state index is 13.1. The van der Waals surface area contributed by atoms with Gasteiger partial charge >= 0.3 is 0 Å². The number of nitriles is 1. The Morgan fingerprint density at radius 1 is 1.56 bits per heavy atom. The first-order chi connectivity index (χ1) is 8.63. The molecule has 0 fully saturated rings. The summed E-state index contributed by atoms with van der Waals surface area (Å²) in [6.45, 7) is 8.10. The summed E-state index contributed by atoms with van der Waals surface area (Å²) in [5.74, 6) is -0.481. The first kappa shape index (κ1) is 14.4. The third kappa shape index (κ3) is 5.09. The minimum atomic E-state index is -0.481. The van der Waals surface area contributed by atoms with Gasteiger partial charge in [0.05, 0.1) is 18.8 Å². The van der Waals surface area contributed by atoms with Crippen LogP contribution in [-0.4, -0.2) is 19.8 Å². The van der Waals surface area contributed by atoms with Crippen molar-refractivity contribution in [3.05, 3.63) is 47.3 Å². The summed E-state index contributed by atoms with van der Waals surface area (Å²) in [5, 5.41) is 11.9. The van der Waals surface area contributed by atoms with Crippen LogP contribution < -0.4 is 5.32 Å². The van der Waals surface area contributed by atoms with Gasteiger partial charge in [0.2, 0.25) is 0 Å². The van der Waals surface area contributed by atoms with Gasteiger partial charge in [0.15, 0.2) is 0 Å². The zero-order valence-corrected chi connectivity index (χ0v) is 10.5. The lowest BCUT2D eigenvalue weighted by Gasteiger charge is -2.06. The molecule has 4 heteroatoms. The Balaban J connectivity index is 2.28. The quantitative estimate of drug-likeness (QED) is 0.595. The van der Waals surface area contributed by atoms with Gasteiger partial charge in [-0.1, -0.05) is 18.2 Å². The van der Waals surface area contributed by atoms with Gasteiger partial charge in [0.1, 0.15) is 11.9 Å². The van der Waals surface area contributed by atoms with Gasteiger partial charge in [0.25, 0.3) is 0 Å². The Morgan fingerprint density at radius 3 is 3.00 bits per heavy atom. The van der Waals surface area contributed by atoms with Crippen molar-refractivity contribution >= 4 is 0 Å². The van der Waals surface area contributed by atoms with E-state index in [2.05, 4.69) is 11.9 Å². The molecule has 1 N–H and O–H groups in total. The highest BCUT2D eigenvalue weighted by Crippen LogP contribution is 2.09. The molecule has 0 bridgehead atoms. The highest BCUT2D eigenvalue weighted by Gasteiger charge is 2.02. The molecule has 0 unspecified atom stereocenters. The Labute approximate surface area is 107 Å². The van der Waals surface area contributed by atoms with E-state index in [9.17, 15) is 4.39 Å². The van der Waals surface area contributed by atoms with Crippen molar-refractivity contribution in [1.29, 1.82) is 5.26 Å². The number of hydrogen-bond donors (Lipinski definition) is 1. The molecule has 96 valence electrons. The molecule has 1 aromatic rings. The molecule has 0 amide bonds. The minimum Gasteiger partial charge on any atom is -0.376 e. The van der Waals surface area contributed by atoms with E-state index in [1.54, 1.807) is 12.1 Å². The lowest BCUT2D eigenvalue weighted by atomic mass is 10.1. The normalized spacial score (nSPS) is 10.1. The molecule has 0 radical (unpaired) electrons. The number of hydrogen-bond acceptors (Lipinski definition) is 3. The van der Waals surface area contributed by atoms with Crippen molar-refractivity contribution in [3.63, 3.8) is 0 Å². The Bertz CT molecular complexity index is 452. The zero-order valence-electron chi connectivity index (χ0n) is 10.5. The van der Waals surface area contributed by atoms with E-state index < -0.39 is 5.82 Å². The summed E-state index contributed by atoms with van der Waals surface area (Å²) in [6.07, 6.45) is 0. The first-order valence-electron chi connectivity index (χ1n) is 5.75. The molecular weight excluding hydrogens is 231 g/mol. The van der Waals surface area contributed by atoms with Crippen LogP contribution in [-0.2, 0) is 11.3 Å². The molecule has 1 rings (SSSR count). The maximum Gasteiger partial charge on any atom is 0.140 e. The molecular formula is C14H17FN2O. The average molecular weight is 248 g/mol. The van der Waals surface area contributed by atoms with Crippen LogP contribution in [0, 0.1) is 17.1 Å². The van der Waals surface area contributed by atoms with Crippen molar-refractivity contribution in [2.75, 3.05) is 19.8 Å². The van der Waals surface area contributed by atoms with Gasteiger partial charge in [-0.15, -0.1) is 0 Å². The first-order valence-corrected chi connectivity index (χ1v) is 5.75. The fourth-order valence-electron chi connectivity index (χ4n) is 1.39. The number of nitrogens with one attached hydrogen (secondary N) is 1. The fourth-order valence-corrected chi connectivity index (χ4v) is 1.39. The molecule has 1 aromatic carbocycles. The summed E-state index contributed by atoms with van der Waals surface area (Å²) in [5.41, 5.74) is 1.95. The number of halogens is 1. The lowest BCUT2D eigenvalue weighted by molar-refractivity contribution is 0.158. The van der Waals surface area contributed by atoms with Gasteiger partial charge in [0, 0.05) is 13.1 Å². The predicted molar refractivity (Wildman–Crippen MR) is 68.5 cm³/mol. The Hall–Kier alpha value is -1.70. The zero-order chi connectivity index (χ0) is 13.4. The van der Waals surface area contributed by atoms with Crippen LogP contribution in [0.3, 0.4) is 0 Å². The van der Waals surface area contributed by atoms with E-state index in [1.807, 2.05) is 13.0 Å². The van der Waals surface area contributed by atoms with Gasteiger partial charge in [-0.3, -0.25) is 0 Å². The van der Waals surface area contributed by atoms with Gasteiger partial charge in [-0.05, 0) is 24.6 Å². The molecule has 0 atom stereocenters. The third-order valence-corrected chi connectivity index (χ3v) is 2.25. The summed E-state index contributed by atoms with van der Waals surface area (Å²) in [7, 11) is 0. The second-order valence-corrected chi connectivity index (χ2v) is 4.11. The number of ether oxygens (including phenoxy) is 1. The monoisotopic (exact) mass is 248 g/mol. The molecule has 0 heterocycles. The predicted octanol–water partition coefficient (Wildman–Crippen LogP) is 2.38. The topological polar surface area (TPSA) is 45.0 Å². The highest BCUT2D eigenvalue weighted by atomic mass is 19.1. The van der Waals surface area contributed by atoms with Crippen molar-refractivity contribution in [2.24, 2.45) is 0 Å².